The van der Waals surface area contributed by atoms with Gasteiger partial charge in [-0.2, -0.15) is 0 Å². The Labute approximate surface area is 93.4 Å². The van der Waals surface area contributed by atoms with E-state index in [0.717, 1.165) is 12.8 Å². The second kappa shape index (κ2) is 3.47. The summed E-state index contributed by atoms with van der Waals surface area (Å²) < 4.78 is 0. The van der Waals surface area contributed by atoms with E-state index in [0.29, 0.717) is 0 Å². The molecular formula is C10H15N3O3. The van der Waals surface area contributed by atoms with Gasteiger partial charge in [-0.3, -0.25) is 14.9 Å². The smallest absolute Gasteiger partial charge is 0.318 e. The van der Waals surface area contributed by atoms with Crippen LogP contribution in [0.25, 0.3) is 0 Å². The molecule has 6 nitrogen and oxygen atoms in total. The molecule has 2 N–H and O–H groups in total. The first kappa shape index (κ1) is 10.9. The first-order valence-electron chi connectivity index (χ1n) is 5.33. The fourth-order valence-corrected chi connectivity index (χ4v) is 1.59. The maximum absolute atomic E-state index is 11.8. The number of hydrogen-bond donors (Lipinski definition) is 2. The zero-order valence-electron chi connectivity index (χ0n) is 9.37. The summed E-state index contributed by atoms with van der Waals surface area (Å²) in [6.45, 7) is 3.18. The summed E-state index contributed by atoms with van der Waals surface area (Å²) in [5.74, 6) is -0.870. The van der Waals surface area contributed by atoms with Crippen LogP contribution in [-0.2, 0) is 9.59 Å². The zero-order valence-corrected chi connectivity index (χ0v) is 9.37. The van der Waals surface area contributed by atoms with Crippen molar-refractivity contribution in [3.63, 3.8) is 0 Å². The summed E-state index contributed by atoms with van der Waals surface area (Å²) in [5, 5.41) is 5.00. The molecule has 2 fully saturated rings. The van der Waals surface area contributed by atoms with Crippen LogP contribution in [0, 0.1) is 0 Å². The Morgan fingerprint density at radius 3 is 2.62 bits per heavy atom. The third-order valence-corrected chi connectivity index (χ3v) is 2.94. The van der Waals surface area contributed by atoms with Gasteiger partial charge in [0, 0.05) is 6.04 Å². The number of hydrogen-bond acceptors (Lipinski definition) is 3. The van der Waals surface area contributed by atoms with Crippen molar-refractivity contribution in [2.24, 2.45) is 0 Å². The topological polar surface area (TPSA) is 78.5 Å². The molecular weight excluding hydrogens is 210 g/mol. The molecule has 16 heavy (non-hydrogen) atoms. The Balaban J connectivity index is 2.12. The number of amides is 4. The molecule has 0 aromatic heterocycles. The molecule has 0 radical (unpaired) electrons. The Morgan fingerprint density at radius 2 is 2.06 bits per heavy atom. The van der Waals surface area contributed by atoms with Crippen LogP contribution in [0.15, 0.2) is 0 Å². The van der Waals surface area contributed by atoms with Crippen LogP contribution in [-0.4, -0.2) is 40.9 Å². The largest absolute Gasteiger partial charge is 0.335 e. The van der Waals surface area contributed by atoms with Crippen LogP contribution in [0.4, 0.5) is 4.79 Å². The molecule has 1 saturated carbocycles. The standard InChI is InChI=1S/C10H15N3O3/c1-10(2)8(15)12-7(14)5-13(10)9(16)11-6-3-4-6/h6H,3-5H2,1-2H3,(H,11,16)(H,12,14,15). The molecule has 0 aromatic rings. The molecule has 2 aliphatic rings. The van der Waals surface area contributed by atoms with Gasteiger partial charge < -0.3 is 10.2 Å². The Morgan fingerprint density at radius 1 is 1.44 bits per heavy atom. The highest BCUT2D eigenvalue weighted by molar-refractivity contribution is 6.06. The molecule has 1 aliphatic carbocycles. The lowest BCUT2D eigenvalue weighted by Crippen LogP contribution is -2.67. The van der Waals surface area contributed by atoms with Crippen molar-refractivity contribution in [2.45, 2.75) is 38.3 Å². The van der Waals surface area contributed by atoms with Crippen LogP contribution in [0.3, 0.4) is 0 Å². The highest BCUT2D eigenvalue weighted by atomic mass is 16.2. The van der Waals surface area contributed by atoms with Gasteiger partial charge in [0.1, 0.15) is 12.1 Å². The SMILES string of the molecule is CC1(C)C(=O)NC(=O)CN1C(=O)NC1CC1. The molecule has 0 aromatic carbocycles. The second-order valence-electron chi connectivity index (χ2n) is 4.75. The van der Waals surface area contributed by atoms with E-state index in [-0.39, 0.29) is 18.6 Å². The van der Waals surface area contributed by atoms with Gasteiger partial charge in [-0.1, -0.05) is 0 Å². The predicted molar refractivity (Wildman–Crippen MR) is 55.5 cm³/mol. The normalized spacial score (nSPS) is 24.0. The summed E-state index contributed by atoms with van der Waals surface area (Å²) in [6.07, 6.45) is 1.94. The van der Waals surface area contributed by atoms with Crippen molar-refractivity contribution in [3.05, 3.63) is 0 Å². The monoisotopic (exact) mass is 225 g/mol. The van der Waals surface area contributed by atoms with E-state index in [1.807, 2.05) is 0 Å². The minimum Gasteiger partial charge on any atom is -0.335 e. The zero-order chi connectivity index (χ0) is 11.9. The number of rotatable bonds is 1. The average molecular weight is 225 g/mol. The number of carbonyl (C=O) groups excluding carboxylic acids is 3. The van der Waals surface area contributed by atoms with E-state index in [4.69, 9.17) is 0 Å². The number of imide groups is 1. The first-order chi connectivity index (χ1) is 7.41. The van der Waals surface area contributed by atoms with E-state index < -0.39 is 17.4 Å². The Bertz CT molecular complexity index is 360. The Kier molecular flexibility index (Phi) is 2.36. The van der Waals surface area contributed by atoms with Crippen LogP contribution in [0.5, 0.6) is 0 Å². The van der Waals surface area contributed by atoms with E-state index in [1.165, 1.54) is 4.90 Å². The molecule has 2 rings (SSSR count). The number of piperazine rings is 1. The fraction of sp³-hybridized carbons (Fsp3) is 0.700. The number of nitrogens with zero attached hydrogens (tertiary/aromatic N) is 1. The minimum absolute atomic E-state index is 0.0721. The fourth-order valence-electron chi connectivity index (χ4n) is 1.59. The van der Waals surface area contributed by atoms with Crippen LogP contribution in [0.2, 0.25) is 0 Å². The van der Waals surface area contributed by atoms with Gasteiger partial charge in [0.25, 0.3) is 5.91 Å². The van der Waals surface area contributed by atoms with Gasteiger partial charge in [-0.05, 0) is 26.7 Å². The summed E-state index contributed by atoms with van der Waals surface area (Å²) in [5.41, 5.74) is -0.979. The van der Waals surface area contributed by atoms with Crippen LogP contribution < -0.4 is 10.6 Å². The highest BCUT2D eigenvalue weighted by Crippen LogP contribution is 2.22. The number of nitrogens with one attached hydrogen (secondary N) is 2. The summed E-state index contributed by atoms with van der Waals surface area (Å²) >= 11 is 0. The summed E-state index contributed by atoms with van der Waals surface area (Å²) in [7, 11) is 0. The molecule has 4 amide bonds. The van der Waals surface area contributed by atoms with Gasteiger partial charge >= 0.3 is 6.03 Å². The molecule has 1 saturated heterocycles. The first-order valence-corrected chi connectivity index (χ1v) is 5.33. The lowest BCUT2D eigenvalue weighted by Gasteiger charge is -2.39. The molecule has 1 aliphatic heterocycles. The predicted octanol–water partition coefficient (Wildman–Crippen LogP) is -0.405. The van der Waals surface area contributed by atoms with Crippen molar-refractivity contribution in [1.82, 2.24) is 15.5 Å². The Hall–Kier alpha value is -1.59. The maximum atomic E-state index is 11.8. The van der Waals surface area contributed by atoms with Crippen molar-refractivity contribution in [3.8, 4) is 0 Å². The lowest BCUT2D eigenvalue weighted by molar-refractivity contribution is -0.142. The van der Waals surface area contributed by atoms with Crippen molar-refractivity contribution in [2.75, 3.05) is 6.54 Å². The van der Waals surface area contributed by atoms with E-state index in [2.05, 4.69) is 10.6 Å². The van der Waals surface area contributed by atoms with Crippen molar-refractivity contribution in [1.29, 1.82) is 0 Å². The number of carbonyl (C=O) groups is 3. The van der Waals surface area contributed by atoms with Crippen LogP contribution in [0.1, 0.15) is 26.7 Å². The van der Waals surface area contributed by atoms with Gasteiger partial charge in [0.15, 0.2) is 0 Å². The second-order valence-corrected chi connectivity index (χ2v) is 4.75. The minimum atomic E-state index is -0.979. The lowest BCUT2D eigenvalue weighted by atomic mass is 9.99. The van der Waals surface area contributed by atoms with Gasteiger partial charge in [0.05, 0.1) is 0 Å². The van der Waals surface area contributed by atoms with Gasteiger partial charge in [0.2, 0.25) is 5.91 Å². The van der Waals surface area contributed by atoms with E-state index in [1.54, 1.807) is 13.8 Å². The molecule has 0 bridgehead atoms. The molecule has 0 atom stereocenters. The number of urea groups is 1. The average Bonchev–Trinajstić information content (AvgIpc) is 2.95. The third-order valence-electron chi connectivity index (χ3n) is 2.94. The molecule has 1 heterocycles. The van der Waals surface area contributed by atoms with Gasteiger partial charge in [-0.15, -0.1) is 0 Å². The molecule has 0 unspecified atom stereocenters. The molecule has 0 spiro atoms. The van der Waals surface area contributed by atoms with E-state index in [9.17, 15) is 14.4 Å². The van der Waals surface area contributed by atoms with Gasteiger partial charge in [-0.25, -0.2) is 4.79 Å². The third kappa shape index (κ3) is 1.87. The van der Waals surface area contributed by atoms with E-state index >= 15 is 0 Å². The van der Waals surface area contributed by atoms with Crippen molar-refractivity contribution < 1.29 is 14.4 Å². The quantitative estimate of drug-likeness (QED) is 0.596. The molecule has 88 valence electrons. The van der Waals surface area contributed by atoms with Crippen molar-refractivity contribution >= 4 is 17.8 Å². The maximum Gasteiger partial charge on any atom is 0.318 e. The summed E-state index contributed by atoms with van der Waals surface area (Å²) in [4.78, 5) is 35.9. The highest BCUT2D eigenvalue weighted by Gasteiger charge is 2.44. The summed E-state index contributed by atoms with van der Waals surface area (Å²) in [6, 6.07) is -0.126. The molecule has 6 heteroatoms. The van der Waals surface area contributed by atoms with Crippen LogP contribution >= 0.6 is 0 Å².